The first-order valence-electron chi connectivity index (χ1n) is 9.37. The molecule has 0 saturated carbocycles. The number of aromatic nitrogens is 1. The van der Waals surface area contributed by atoms with Crippen LogP contribution in [0.25, 0.3) is 5.70 Å². The van der Waals surface area contributed by atoms with Gasteiger partial charge in [-0.3, -0.25) is 24.4 Å². The molecule has 3 aromatic rings. The first-order valence-corrected chi connectivity index (χ1v) is 10.9. The quantitative estimate of drug-likeness (QED) is 0.361. The van der Waals surface area contributed by atoms with Gasteiger partial charge in [0.2, 0.25) is 5.78 Å². The van der Waals surface area contributed by atoms with Crippen LogP contribution in [-0.2, 0) is 10.0 Å². The Labute approximate surface area is 182 Å². The maximum atomic E-state index is 13.3. The number of aryl methyl sites for hydroxylation is 1. The van der Waals surface area contributed by atoms with Crippen molar-refractivity contribution in [2.75, 3.05) is 0 Å². The number of Topliss-reactive ketones (excluding diaryl/α,β-unsaturated/α-hetero) is 2. The zero-order chi connectivity index (χ0) is 23.0. The molecule has 32 heavy (non-hydrogen) atoms. The Bertz CT molecular complexity index is 1430. The van der Waals surface area contributed by atoms with E-state index in [4.69, 9.17) is 0 Å². The molecule has 0 atom stereocenters. The van der Waals surface area contributed by atoms with Gasteiger partial charge in [0, 0.05) is 34.9 Å². The summed E-state index contributed by atoms with van der Waals surface area (Å²) in [6.07, 6.45) is 3.15. The summed E-state index contributed by atoms with van der Waals surface area (Å²) in [6, 6.07) is 13.8. The Morgan fingerprint density at radius 2 is 1.53 bits per heavy atom. The fourth-order valence-corrected chi connectivity index (χ4v) is 4.45. The number of pyridine rings is 1. The Kier molecular flexibility index (Phi) is 5.15. The van der Waals surface area contributed by atoms with E-state index in [2.05, 4.69) is 4.72 Å². The molecule has 9 nitrogen and oxygen atoms in total. The molecule has 0 spiro atoms. The Morgan fingerprint density at radius 3 is 2.12 bits per heavy atom. The number of nitro groups is 1. The summed E-state index contributed by atoms with van der Waals surface area (Å²) >= 11 is 0. The van der Waals surface area contributed by atoms with Gasteiger partial charge in [-0.1, -0.05) is 24.3 Å². The maximum absolute atomic E-state index is 13.3. The van der Waals surface area contributed by atoms with Crippen molar-refractivity contribution >= 4 is 33.0 Å². The molecule has 1 aliphatic rings. The van der Waals surface area contributed by atoms with Crippen LogP contribution in [0.2, 0.25) is 0 Å². The molecule has 0 saturated heterocycles. The van der Waals surface area contributed by atoms with E-state index in [1.165, 1.54) is 16.7 Å². The number of carbonyl (C=O) groups is 2. The first kappa shape index (κ1) is 21.1. The highest BCUT2D eigenvalue weighted by Gasteiger charge is 2.40. The average molecular weight is 450 g/mol. The third kappa shape index (κ3) is 3.67. The molecule has 0 radical (unpaired) electrons. The van der Waals surface area contributed by atoms with Crippen molar-refractivity contribution in [3.63, 3.8) is 0 Å². The molecule has 1 aliphatic carbocycles. The molecule has 0 fully saturated rings. The third-order valence-electron chi connectivity index (χ3n) is 4.90. The van der Waals surface area contributed by atoms with Gasteiger partial charge in [-0.25, -0.2) is 8.42 Å². The number of nitrogens with one attached hydrogen (secondary N) is 1. The third-order valence-corrected chi connectivity index (χ3v) is 6.26. The maximum Gasteiger partial charge on any atom is 0.287 e. The Balaban J connectivity index is 1.87. The van der Waals surface area contributed by atoms with E-state index in [9.17, 15) is 28.1 Å². The van der Waals surface area contributed by atoms with E-state index in [0.717, 1.165) is 29.8 Å². The molecule has 1 N–H and O–H groups in total. The van der Waals surface area contributed by atoms with Crippen molar-refractivity contribution in [3.8, 4) is 0 Å². The number of nitro benzene ring substituents is 1. The second-order valence-electron chi connectivity index (χ2n) is 7.07. The van der Waals surface area contributed by atoms with Gasteiger partial charge in [-0.15, -0.1) is 0 Å². The number of hydrogen-bond acceptors (Lipinski definition) is 6. The lowest BCUT2D eigenvalue weighted by molar-refractivity contribution is -0.577. The van der Waals surface area contributed by atoms with Gasteiger partial charge in [-0.05, 0) is 25.1 Å². The molecular weight excluding hydrogens is 434 g/mol. The number of fused-ring (bicyclic) bond motifs is 1. The summed E-state index contributed by atoms with van der Waals surface area (Å²) in [7, 11) is -4.33. The molecule has 160 valence electrons. The first-order chi connectivity index (χ1) is 15.2. The summed E-state index contributed by atoms with van der Waals surface area (Å²) in [5.41, 5.74) is 0.218. The highest BCUT2D eigenvalue weighted by molar-refractivity contribution is 7.89. The second kappa shape index (κ2) is 7.82. The minimum absolute atomic E-state index is 0.0795. The Morgan fingerprint density at radius 1 is 0.906 bits per heavy atom. The van der Waals surface area contributed by atoms with Gasteiger partial charge in [0.25, 0.3) is 27.2 Å². The zero-order valence-corrected chi connectivity index (χ0v) is 17.5. The van der Waals surface area contributed by atoms with Gasteiger partial charge >= 0.3 is 0 Å². The molecule has 0 bridgehead atoms. The molecule has 1 heterocycles. The van der Waals surface area contributed by atoms with Crippen LogP contribution in [0.1, 0.15) is 26.3 Å². The lowest BCUT2D eigenvalue weighted by atomic mass is 9.90. The van der Waals surface area contributed by atoms with Gasteiger partial charge in [0.05, 0.1) is 9.82 Å². The number of nitrogens with zero attached hydrogens (tertiary/aromatic N) is 2. The fourth-order valence-electron chi connectivity index (χ4n) is 3.38. The molecule has 1 aromatic heterocycles. The highest BCUT2D eigenvalue weighted by Crippen LogP contribution is 2.27. The molecule has 0 amide bonds. The standard InChI is InChI=1S/C22H15N3O6S/c1-14-5-4-12-24(13-14)20-19(21(26)17-6-2-3-7-18(17)22(20)27)23-32(30,31)16-10-8-15(9-11-16)25(28)29/h2-13H,1H3/p+1. The molecule has 2 aromatic carbocycles. The summed E-state index contributed by atoms with van der Waals surface area (Å²) in [5.74, 6) is -1.17. The van der Waals surface area contributed by atoms with Gasteiger partial charge < -0.3 is 0 Å². The van der Waals surface area contributed by atoms with Crippen LogP contribution in [0.5, 0.6) is 0 Å². The minimum atomic E-state index is -4.33. The molecule has 4 rings (SSSR count). The largest absolute Gasteiger partial charge is 0.287 e. The lowest BCUT2D eigenvalue weighted by Gasteiger charge is -2.18. The van der Waals surface area contributed by atoms with Crippen molar-refractivity contribution in [3.05, 3.63) is 106 Å². The van der Waals surface area contributed by atoms with Gasteiger partial charge in [0.1, 0.15) is 0 Å². The van der Waals surface area contributed by atoms with E-state index in [1.807, 2.05) is 0 Å². The zero-order valence-electron chi connectivity index (χ0n) is 16.7. The van der Waals surface area contributed by atoms with Crippen molar-refractivity contribution in [1.29, 1.82) is 0 Å². The van der Waals surface area contributed by atoms with Crippen LogP contribution in [0.15, 0.2) is 83.6 Å². The predicted octanol–water partition coefficient (Wildman–Crippen LogP) is 2.42. The molecule has 10 heteroatoms. The number of non-ortho nitro benzene ring substituents is 1. The SMILES string of the molecule is Cc1ccc[n+](C2=C(NS(=O)(=O)c3ccc([N+](=O)[O-])cc3)C(=O)c3ccccc3C2=O)c1. The highest BCUT2D eigenvalue weighted by atomic mass is 32.2. The van der Waals surface area contributed by atoms with Crippen LogP contribution in [0.3, 0.4) is 0 Å². The van der Waals surface area contributed by atoms with Crippen LogP contribution in [0.4, 0.5) is 5.69 Å². The molecule has 0 aliphatic heterocycles. The number of ketones is 2. The van der Waals surface area contributed by atoms with E-state index in [1.54, 1.807) is 43.6 Å². The van der Waals surface area contributed by atoms with Crippen molar-refractivity contribution in [1.82, 2.24) is 4.72 Å². The van der Waals surface area contributed by atoms with Crippen LogP contribution >= 0.6 is 0 Å². The second-order valence-corrected chi connectivity index (χ2v) is 8.75. The fraction of sp³-hybridized carbons (Fsp3) is 0.0455. The number of carbonyl (C=O) groups excluding carboxylic acids is 2. The van der Waals surface area contributed by atoms with Crippen LogP contribution in [0, 0.1) is 17.0 Å². The predicted molar refractivity (Wildman–Crippen MR) is 113 cm³/mol. The summed E-state index contributed by atoms with van der Waals surface area (Å²) in [4.78, 5) is 36.4. The van der Waals surface area contributed by atoms with Crippen molar-refractivity contribution < 1.29 is 27.5 Å². The average Bonchev–Trinajstić information content (AvgIpc) is 2.77. The van der Waals surface area contributed by atoms with Crippen molar-refractivity contribution in [2.45, 2.75) is 11.8 Å². The van der Waals surface area contributed by atoms with Crippen LogP contribution in [-0.4, -0.2) is 24.9 Å². The number of allylic oxidation sites excluding steroid dienone is 2. The van der Waals surface area contributed by atoms with E-state index >= 15 is 0 Å². The lowest BCUT2D eigenvalue weighted by Crippen LogP contribution is -2.44. The van der Waals surface area contributed by atoms with Crippen LogP contribution < -0.4 is 9.29 Å². The Hall–Kier alpha value is -4.18. The number of sulfonamides is 1. The van der Waals surface area contributed by atoms with E-state index < -0.39 is 32.2 Å². The number of hydrogen-bond donors (Lipinski definition) is 1. The topological polar surface area (TPSA) is 127 Å². The van der Waals surface area contributed by atoms with E-state index in [0.29, 0.717) is 0 Å². The smallest absolute Gasteiger partial charge is 0.287 e. The summed E-state index contributed by atoms with van der Waals surface area (Å²) in [5, 5.41) is 10.9. The van der Waals surface area contributed by atoms with Gasteiger partial charge in [0.15, 0.2) is 18.1 Å². The summed E-state index contributed by atoms with van der Waals surface area (Å²) < 4.78 is 29.6. The summed E-state index contributed by atoms with van der Waals surface area (Å²) in [6.45, 7) is 1.79. The number of benzene rings is 2. The molecule has 0 unspecified atom stereocenters. The van der Waals surface area contributed by atoms with Gasteiger partial charge in [-0.2, -0.15) is 4.57 Å². The minimum Gasteiger partial charge on any atom is -0.287 e. The van der Waals surface area contributed by atoms with Crippen molar-refractivity contribution in [2.24, 2.45) is 0 Å². The normalized spacial score (nSPS) is 13.7. The number of rotatable bonds is 5. The molecular formula is C22H16N3O6S+. The van der Waals surface area contributed by atoms with E-state index in [-0.39, 0.29) is 27.4 Å². The monoisotopic (exact) mass is 450 g/mol.